The maximum atomic E-state index is 8.59. The molecule has 0 radical (unpaired) electrons. The van der Waals surface area contributed by atoms with Crippen LogP contribution in [0.4, 0.5) is 5.69 Å². The molecular weight excluding hydrogens is 113 g/mol. The Hall–Kier alpha value is -0.955. The zero-order valence-corrected chi connectivity index (χ0v) is 5.04. The van der Waals surface area contributed by atoms with Gasteiger partial charge in [0.2, 0.25) is 0 Å². The van der Waals surface area contributed by atoms with Crippen molar-refractivity contribution in [1.82, 2.24) is 0 Å². The number of benzene rings is 1. The fourth-order valence-electron chi connectivity index (χ4n) is 0.623. The van der Waals surface area contributed by atoms with Crippen LogP contribution >= 0.6 is 0 Å². The number of rotatable bonds is 1. The van der Waals surface area contributed by atoms with Crippen molar-refractivity contribution >= 4 is 18.6 Å². The number of hydrogen-bond donors (Lipinski definition) is 2. The average Bonchev–Trinajstić information content (AvgIpc) is 1.90. The molecule has 3 N–H and O–H groups in total. The van der Waals surface area contributed by atoms with Crippen molar-refractivity contribution in [2.75, 3.05) is 5.73 Å². The molecule has 0 spiro atoms. The minimum atomic E-state index is 0.0836. The second-order valence-corrected chi connectivity index (χ2v) is 1.90. The van der Waals surface area contributed by atoms with Crippen molar-refractivity contribution in [3.63, 3.8) is 0 Å². The van der Waals surface area contributed by atoms with E-state index in [4.69, 9.17) is 10.8 Å². The maximum absolute atomic E-state index is 8.59. The third kappa shape index (κ3) is 1.47. The second kappa shape index (κ2) is 2.55. The van der Waals surface area contributed by atoms with Crippen molar-refractivity contribution < 1.29 is 5.02 Å². The Morgan fingerprint density at radius 3 is 2.22 bits per heavy atom. The normalized spacial score (nSPS) is 9.00. The first-order valence-electron chi connectivity index (χ1n) is 2.78. The van der Waals surface area contributed by atoms with Gasteiger partial charge in [0, 0.05) is 5.69 Å². The van der Waals surface area contributed by atoms with Gasteiger partial charge in [-0.1, -0.05) is 17.6 Å². The maximum Gasteiger partial charge on any atom is 0.304 e. The molecule has 46 valence electrons. The summed E-state index contributed by atoms with van der Waals surface area (Å²) in [5, 5.41) is 8.59. The molecule has 1 aromatic carbocycles. The summed E-state index contributed by atoms with van der Waals surface area (Å²) in [5.74, 6) is 0. The summed E-state index contributed by atoms with van der Waals surface area (Å²) in [6.07, 6.45) is 0. The summed E-state index contributed by atoms with van der Waals surface area (Å²) in [4.78, 5) is 0. The fraction of sp³-hybridized carbons (Fsp3) is 0. The average molecular weight is 121 g/mol. The summed E-state index contributed by atoms with van der Waals surface area (Å²) in [5.41, 5.74) is 7.02. The molecule has 0 fully saturated rings. The summed E-state index contributed by atoms with van der Waals surface area (Å²) >= 11 is 0. The van der Waals surface area contributed by atoms with Crippen LogP contribution in [0.2, 0.25) is 0 Å². The van der Waals surface area contributed by atoms with Gasteiger partial charge in [-0.05, 0) is 12.1 Å². The molecule has 0 aliphatic heterocycles. The van der Waals surface area contributed by atoms with Gasteiger partial charge in [-0.15, -0.1) is 0 Å². The molecular formula is C6H8BNO. The van der Waals surface area contributed by atoms with Gasteiger partial charge >= 0.3 is 7.48 Å². The molecule has 3 heteroatoms. The SMILES string of the molecule is Nc1ccc(BO)cc1. The van der Waals surface area contributed by atoms with E-state index < -0.39 is 0 Å². The smallest absolute Gasteiger partial charge is 0.304 e. The third-order valence-corrected chi connectivity index (χ3v) is 1.16. The van der Waals surface area contributed by atoms with Crippen LogP contribution < -0.4 is 11.2 Å². The zero-order valence-electron chi connectivity index (χ0n) is 5.04. The molecule has 0 amide bonds. The van der Waals surface area contributed by atoms with Crippen LogP contribution in [0.5, 0.6) is 0 Å². The van der Waals surface area contributed by atoms with Gasteiger partial charge in [0.25, 0.3) is 0 Å². The first-order valence-corrected chi connectivity index (χ1v) is 2.78. The Morgan fingerprint density at radius 1 is 1.22 bits per heavy atom. The highest BCUT2D eigenvalue weighted by atomic mass is 16.2. The molecule has 9 heavy (non-hydrogen) atoms. The number of anilines is 1. The largest absolute Gasteiger partial charge is 0.449 e. The van der Waals surface area contributed by atoms with E-state index in [1.54, 1.807) is 24.3 Å². The predicted octanol–water partition coefficient (Wildman–Crippen LogP) is -0.762. The van der Waals surface area contributed by atoms with Crippen molar-refractivity contribution in [1.29, 1.82) is 0 Å². The first kappa shape index (κ1) is 6.17. The van der Waals surface area contributed by atoms with E-state index in [0.717, 1.165) is 11.2 Å². The number of hydrogen-bond acceptors (Lipinski definition) is 2. The van der Waals surface area contributed by atoms with Crippen molar-refractivity contribution in [2.24, 2.45) is 0 Å². The number of nitrogens with two attached hydrogens (primary N) is 1. The fourth-order valence-corrected chi connectivity index (χ4v) is 0.623. The van der Waals surface area contributed by atoms with Crippen LogP contribution in [0, 0.1) is 0 Å². The first-order chi connectivity index (χ1) is 4.33. The van der Waals surface area contributed by atoms with Crippen LogP contribution in [-0.2, 0) is 0 Å². The minimum absolute atomic E-state index is 0.0836. The predicted molar refractivity (Wildman–Crippen MR) is 39.9 cm³/mol. The van der Waals surface area contributed by atoms with E-state index in [1.807, 2.05) is 0 Å². The van der Waals surface area contributed by atoms with E-state index in [9.17, 15) is 0 Å². The van der Waals surface area contributed by atoms with Crippen LogP contribution in [0.15, 0.2) is 24.3 Å². The van der Waals surface area contributed by atoms with E-state index in [-0.39, 0.29) is 7.48 Å². The zero-order chi connectivity index (χ0) is 6.69. The topological polar surface area (TPSA) is 46.2 Å². The van der Waals surface area contributed by atoms with Crippen LogP contribution in [-0.4, -0.2) is 12.5 Å². The lowest BCUT2D eigenvalue weighted by Crippen LogP contribution is -2.12. The van der Waals surface area contributed by atoms with Gasteiger partial charge in [-0.3, -0.25) is 0 Å². The molecule has 0 atom stereocenters. The molecule has 1 aromatic rings. The molecule has 0 aliphatic carbocycles. The highest BCUT2D eigenvalue weighted by Crippen LogP contribution is 1.94. The van der Waals surface area contributed by atoms with Crippen LogP contribution in [0.1, 0.15) is 0 Å². The Labute approximate surface area is 54.6 Å². The summed E-state index contributed by atoms with van der Waals surface area (Å²) in [7, 11) is 0.0836. The van der Waals surface area contributed by atoms with Gasteiger partial charge in [-0.25, -0.2) is 0 Å². The summed E-state index contributed by atoms with van der Waals surface area (Å²) < 4.78 is 0. The highest BCUT2D eigenvalue weighted by Gasteiger charge is 1.88. The molecule has 0 unspecified atom stereocenters. The highest BCUT2D eigenvalue weighted by molar-refractivity contribution is 6.45. The molecule has 0 aromatic heterocycles. The molecule has 0 heterocycles. The lowest BCUT2D eigenvalue weighted by Gasteiger charge is -1.92. The third-order valence-electron chi connectivity index (χ3n) is 1.16. The molecule has 1 rings (SSSR count). The molecule has 0 bridgehead atoms. The van der Waals surface area contributed by atoms with Gasteiger partial charge in [-0.2, -0.15) is 0 Å². The quantitative estimate of drug-likeness (QED) is 0.378. The van der Waals surface area contributed by atoms with Crippen LogP contribution in [0.25, 0.3) is 0 Å². The van der Waals surface area contributed by atoms with E-state index in [1.165, 1.54) is 0 Å². The van der Waals surface area contributed by atoms with Crippen molar-refractivity contribution in [3.05, 3.63) is 24.3 Å². The van der Waals surface area contributed by atoms with Crippen molar-refractivity contribution in [3.8, 4) is 0 Å². The molecule has 0 saturated heterocycles. The second-order valence-electron chi connectivity index (χ2n) is 1.90. The van der Waals surface area contributed by atoms with E-state index >= 15 is 0 Å². The lowest BCUT2D eigenvalue weighted by molar-refractivity contribution is 0.615. The molecule has 2 nitrogen and oxygen atoms in total. The lowest BCUT2D eigenvalue weighted by atomic mass is 9.89. The molecule has 0 aliphatic rings. The van der Waals surface area contributed by atoms with E-state index in [2.05, 4.69) is 0 Å². The summed E-state index contributed by atoms with van der Waals surface area (Å²) in [6.45, 7) is 0. The number of nitrogen functional groups attached to an aromatic ring is 1. The summed E-state index contributed by atoms with van der Waals surface area (Å²) in [6, 6.07) is 7.14. The van der Waals surface area contributed by atoms with E-state index in [0.29, 0.717) is 0 Å². The van der Waals surface area contributed by atoms with Gasteiger partial charge in [0.15, 0.2) is 0 Å². The van der Waals surface area contributed by atoms with Crippen LogP contribution in [0.3, 0.4) is 0 Å². The molecule has 0 saturated carbocycles. The standard InChI is InChI=1S/C6H8BNO/c8-6-3-1-5(7-9)2-4-6/h1-4,7,9H,8H2. The van der Waals surface area contributed by atoms with Gasteiger partial charge < -0.3 is 10.8 Å². The monoisotopic (exact) mass is 121 g/mol. The van der Waals surface area contributed by atoms with Gasteiger partial charge in [0.1, 0.15) is 0 Å². The van der Waals surface area contributed by atoms with Gasteiger partial charge in [0.05, 0.1) is 0 Å². The Morgan fingerprint density at radius 2 is 1.78 bits per heavy atom. The minimum Gasteiger partial charge on any atom is -0.449 e. The Kier molecular flexibility index (Phi) is 1.75. The van der Waals surface area contributed by atoms with Crippen molar-refractivity contribution in [2.45, 2.75) is 0 Å². The Bertz CT molecular complexity index is 185. The Balaban J connectivity index is 2.88.